The van der Waals surface area contributed by atoms with Crippen LogP contribution < -0.4 is 11.5 Å². The summed E-state index contributed by atoms with van der Waals surface area (Å²) in [6, 6.07) is 16.4. The van der Waals surface area contributed by atoms with Crippen molar-refractivity contribution >= 4 is 11.9 Å². The number of carboxylic acids is 1. The molecule has 2 aromatic carbocycles. The Morgan fingerprint density at radius 1 is 1.00 bits per heavy atom. The quantitative estimate of drug-likeness (QED) is 0.800. The maximum Gasteiger partial charge on any atom is 0.320 e. The fraction of sp³-hybridized carbons (Fsp3) is 0.125. The van der Waals surface area contributed by atoms with Crippen LogP contribution in [0, 0.1) is 0 Å². The Balaban J connectivity index is 0.000000315. The molecule has 0 aliphatic carbocycles. The van der Waals surface area contributed by atoms with Gasteiger partial charge in [0.15, 0.2) is 0 Å². The molecule has 110 valence electrons. The van der Waals surface area contributed by atoms with Crippen molar-refractivity contribution in [1.82, 2.24) is 0 Å². The Bertz CT molecular complexity index is 610. The average Bonchev–Trinajstić information content (AvgIpc) is 2.48. The molecule has 5 nitrogen and oxygen atoms in total. The van der Waals surface area contributed by atoms with Crippen LogP contribution in [0.4, 0.5) is 0 Å². The van der Waals surface area contributed by atoms with Gasteiger partial charge in [-0.25, -0.2) is 0 Å². The fourth-order valence-corrected chi connectivity index (χ4v) is 1.57. The number of aliphatic carboxylic acids is 1. The minimum atomic E-state index is -0.963. The van der Waals surface area contributed by atoms with Gasteiger partial charge in [0.2, 0.25) is 5.91 Å². The molecule has 0 heterocycles. The van der Waals surface area contributed by atoms with E-state index in [0.717, 1.165) is 11.1 Å². The van der Waals surface area contributed by atoms with Crippen molar-refractivity contribution in [3.8, 4) is 11.1 Å². The Kier molecular flexibility index (Phi) is 6.10. The van der Waals surface area contributed by atoms with Crippen LogP contribution in [0.5, 0.6) is 0 Å². The third-order valence-electron chi connectivity index (χ3n) is 2.67. The molecular weight excluding hydrogens is 268 g/mol. The number of amides is 1. The van der Waals surface area contributed by atoms with Gasteiger partial charge >= 0.3 is 5.97 Å². The summed E-state index contributed by atoms with van der Waals surface area (Å²) < 4.78 is 0. The molecule has 0 aliphatic heterocycles. The van der Waals surface area contributed by atoms with Gasteiger partial charge in [-0.3, -0.25) is 9.59 Å². The highest BCUT2D eigenvalue weighted by molar-refractivity contribution is 5.99. The molecule has 0 saturated carbocycles. The van der Waals surface area contributed by atoms with Crippen molar-refractivity contribution in [2.24, 2.45) is 11.5 Å². The van der Waals surface area contributed by atoms with E-state index in [1.54, 1.807) is 6.07 Å². The maximum absolute atomic E-state index is 11.2. The van der Waals surface area contributed by atoms with Gasteiger partial charge in [0.25, 0.3) is 0 Å². The van der Waals surface area contributed by atoms with E-state index in [0.29, 0.717) is 5.56 Å². The SMILES string of the molecule is C[C@H](N)C(=O)O.NC(=O)c1ccccc1-c1ccccc1. The maximum atomic E-state index is 11.2. The van der Waals surface area contributed by atoms with Crippen LogP contribution in [-0.2, 0) is 4.79 Å². The second-order valence-electron chi connectivity index (χ2n) is 4.40. The summed E-state index contributed by atoms with van der Waals surface area (Å²) in [5.41, 5.74) is 12.6. The zero-order valence-electron chi connectivity index (χ0n) is 11.7. The molecule has 5 heteroatoms. The van der Waals surface area contributed by atoms with Crippen LogP contribution in [0.3, 0.4) is 0 Å². The van der Waals surface area contributed by atoms with E-state index >= 15 is 0 Å². The molecule has 1 atom stereocenters. The predicted octanol–water partition coefficient (Wildman–Crippen LogP) is 1.87. The molecule has 0 radical (unpaired) electrons. The van der Waals surface area contributed by atoms with Gasteiger partial charge in [0.1, 0.15) is 6.04 Å². The van der Waals surface area contributed by atoms with Crippen LogP contribution >= 0.6 is 0 Å². The first-order chi connectivity index (χ1) is 9.93. The molecule has 0 saturated heterocycles. The highest BCUT2D eigenvalue weighted by atomic mass is 16.4. The number of primary amides is 1. The van der Waals surface area contributed by atoms with E-state index in [9.17, 15) is 9.59 Å². The molecule has 2 rings (SSSR count). The fourth-order valence-electron chi connectivity index (χ4n) is 1.57. The summed E-state index contributed by atoms with van der Waals surface area (Å²) in [5, 5.41) is 7.87. The molecule has 0 spiro atoms. The first-order valence-corrected chi connectivity index (χ1v) is 6.36. The second-order valence-corrected chi connectivity index (χ2v) is 4.40. The van der Waals surface area contributed by atoms with E-state index in [2.05, 4.69) is 0 Å². The van der Waals surface area contributed by atoms with Crippen molar-refractivity contribution in [1.29, 1.82) is 0 Å². The molecule has 0 aliphatic rings. The number of hydrogen-bond donors (Lipinski definition) is 3. The van der Waals surface area contributed by atoms with Crippen LogP contribution in [-0.4, -0.2) is 23.0 Å². The lowest BCUT2D eigenvalue weighted by atomic mass is 9.99. The van der Waals surface area contributed by atoms with E-state index in [1.807, 2.05) is 48.5 Å². The molecule has 21 heavy (non-hydrogen) atoms. The third-order valence-corrected chi connectivity index (χ3v) is 2.67. The molecule has 0 fully saturated rings. The van der Waals surface area contributed by atoms with Gasteiger partial charge in [-0.1, -0.05) is 48.5 Å². The third kappa shape index (κ3) is 5.08. The Labute approximate surface area is 123 Å². The summed E-state index contributed by atoms with van der Waals surface area (Å²) in [5.74, 6) is -1.36. The monoisotopic (exact) mass is 286 g/mol. The lowest BCUT2D eigenvalue weighted by Gasteiger charge is -2.05. The van der Waals surface area contributed by atoms with Crippen molar-refractivity contribution in [2.75, 3.05) is 0 Å². The predicted molar refractivity (Wildman–Crippen MR) is 81.7 cm³/mol. The van der Waals surface area contributed by atoms with Crippen molar-refractivity contribution in [2.45, 2.75) is 13.0 Å². The Morgan fingerprint density at radius 2 is 1.48 bits per heavy atom. The second kappa shape index (κ2) is 7.81. The number of rotatable bonds is 3. The van der Waals surface area contributed by atoms with Gasteiger partial charge < -0.3 is 16.6 Å². The van der Waals surface area contributed by atoms with Gasteiger partial charge in [-0.15, -0.1) is 0 Å². The lowest BCUT2D eigenvalue weighted by Crippen LogP contribution is -2.25. The van der Waals surface area contributed by atoms with E-state index < -0.39 is 17.9 Å². The standard InChI is InChI=1S/C13H11NO.C3H7NO2/c14-13(15)12-9-5-4-8-11(12)10-6-2-1-3-7-10;1-2(4)3(5)6/h1-9H,(H2,14,15);2H,4H2,1H3,(H,5,6)/t;2-/m.0/s1. The van der Waals surface area contributed by atoms with Crippen LogP contribution in [0.1, 0.15) is 17.3 Å². The highest BCUT2D eigenvalue weighted by Gasteiger charge is 2.07. The van der Waals surface area contributed by atoms with Crippen molar-refractivity contribution in [3.63, 3.8) is 0 Å². The zero-order valence-corrected chi connectivity index (χ0v) is 11.7. The van der Waals surface area contributed by atoms with E-state index in [4.69, 9.17) is 16.6 Å². The smallest absolute Gasteiger partial charge is 0.320 e. The summed E-state index contributed by atoms with van der Waals surface area (Å²) in [7, 11) is 0. The number of benzene rings is 2. The summed E-state index contributed by atoms with van der Waals surface area (Å²) in [6.07, 6.45) is 0. The summed E-state index contributed by atoms with van der Waals surface area (Å²) >= 11 is 0. The molecule has 0 bridgehead atoms. The molecule has 2 aromatic rings. The normalized spacial score (nSPS) is 11.0. The van der Waals surface area contributed by atoms with Gasteiger partial charge in [0, 0.05) is 5.56 Å². The average molecular weight is 286 g/mol. The highest BCUT2D eigenvalue weighted by Crippen LogP contribution is 2.22. The van der Waals surface area contributed by atoms with Crippen molar-refractivity contribution in [3.05, 3.63) is 60.2 Å². The molecule has 0 aromatic heterocycles. The zero-order chi connectivity index (χ0) is 15.8. The topological polar surface area (TPSA) is 106 Å². The molecule has 1 amide bonds. The van der Waals surface area contributed by atoms with E-state index in [1.165, 1.54) is 6.92 Å². The number of nitrogens with two attached hydrogens (primary N) is 2. The van der Waals surface area contributed by atoms with Crippen molar-refractivity contribution < 1.29 is 14.7 Å². The van der Waals surface area contributed by atoms with Gasteiger partial charge in [-0.2, -0.15) is 0 Å². The Morgan fingerprint density at radius 3 is 1.95 bits per heavy atom. The first-order valence-electron chi connectivity index (χ1n) is 6.36. The summed E-state index contributed by atoms with van der Waals surface area (Å²) in [4.78, 5) is 20.8. The van der Waals surface area contributed by atoms with Gasteiger partial charge in [0.05, 0.1) is 0 Å². The largest absolute Gasteiger partial charge is 0.480 e. The molecule has 0 unspecified atom stereocenters. The number of carbonyl (C=O) groups excluding carboxylic acids is 1. The van der Waals surface area contributed by atoms with Crippen LogP contribution in [0.15, 0.2) is 54.6 Å². The lowest BCUT2D eigenvalue weighted by molar-refractivity contribution is -0.138. The number of carboxylic acid groups (broad SMARTS) is 1. The minimum absolute atomic E-state index is 0.394. The van der Waals surface area contributed by atoms with Gasteiger partial charge in [-0.05, 0) is 24.1 Å². The molecule has 5 N–H and O–H groups in total. The Hall–Kier alpha value is -2.66. The van der Waals surface area contributed by atoms with Crippen LogP contribution in [0.25, 0.3) is 11.1 Å². The summed E-state index contributed by atoms with van der Waals surface area (Å²) in [6.45, 7) is 1.42. The van der Waals surface area contributed by atoms with E-state index in [-0.39, 0.29) is 0 Å². The minimum Gasteiger partial charge on any atom is -0.480 e. The first kappa shape index (κ1) is 16.4. The van der Waals surface area contributed by atoms with Crippen LogP contribution in [0.2, 0.25) is 0 Å². The molecular formula is C16H18N2O3. The number of carbonyl (C=O) groups is 2. The number of hydrogen-bond acceptors (Lipinski definition) is 3.